The number of carboxylic acid groups (broad SMARTS) is 1. The molecule has 2 amide bonds. The highest BCUT2D eigenvalue weighted by molar-refractivity contribution is 9.10. The van der Waals surface area contributed by atoms with Crippen LogP contribution in [0.15, 0.2) is 77.3 Å². The fraction of sp³-hybridized carbons (Fsp3) is 0.160. The molecule has 0 aliphatic heterocycles. The number of carbonyl (C=O) groups is 3. The summed E-state index contributed by atoms with van der Waals surface area (Å²) in [7, 11) is 0. The molecule has 7 nitrogen and oxygen atoms in total. The number of amides is 2. The van der Waals surface area contributed by atoms with Gasteiger partial charge in [0.15, 0.2) is 0 Å². The van der Waals surface area contributed by atoms with E-state index in [2.05, 4.69) is 26.6 Å². The number of benzene rings is 3. The largest absolute Gasteiger partial charge is 0.480 e. The van der Waals surface area contributed by atoms with Crippen LogP contribution in [0.3, 0.4) is 0 Å². The Bertz CT molecular complexity index is 1170. The van der Waals surface area contributed by atoms with Crippen LogP contribution in [0.5, 0.6) is 5.75 Å². The van der Waals surface area contributed by atoms with E-state index in [0.717, 1.165) is 10.0 Å². The minimum absolute atomic E-state index is 0.0403. The SMILES string of the molecule is CC(NC(=O)Oc1ccc(C[C@H](NC(=O)c2ccccc2Cl)C(=O)O)cc1)c1ccc(Br)cc1. The number of ether oxygens (including phenoxy) is 1. The average molecular weight is 546 g/mol. The Morgan fingerprint density at radius 1 is 0.971 bits per heavy atom. The average Bonchev–Trinajstić information content (AvgIpc) is 2.80. The number of carboxylic acids is 1. The summed E-state index contributed by atoms with van der Waals surface area (Å²) in [4.78, 5) is 36.3. The van der Waals surface area contributed by atoms with Gasteiger partial charge in [-0.25, -0.2) is 9.59 Å². The summed E-state index contributed by atoms with van der Waals surface area (Å²) in [6.45, 7) is 1.84. The molecule has 2 atom stereocenters. The van der Waals surface area contributed by atoms with Crippen LogP contribution >= 0.6 is 27.5 Å². The lowest BCUT2D eigenvalue weighted by atomic mass is 10.1. The van der Waals surface area contributed by atoms with Crippen LogP contribution in [0.1, 0.15) is 34.5 Å². The van der Waals surface area contributed by atoms with Crippen LogP contribution in [-0.2, 0) is 11.2 Å². The van der Waals surface area contributed by atoms with Crippen molar-refractivity contribution in [1.82, 2.24) is 10.6 Å². The van der Waals surface area contributed by atoms with Gasteiger partial charge in [0, 0.05) is 10.9 Å². The molecule has 3 N–H and O–H groups in total. The predicted molar refractivity (Wildman–Crippen MR) is 132 cm³/mol. The molecule has 0 aromatic heterocycles. The van der Waals surface area contributed by atoms with E-state index in [1.807, 2.05) is 31.2 Å². The molecule has 0 saturated heterocycles. The topological polar surface area (TPSA) is 105 Å². The van der Waals surface area contributed by atoms with E-state index in [0.29, 0.717) is 11.3 Å². The molecule has 0 saturated carbocycles. The first-order valence-electron chi connectivity index (χ1n) is 10.3. The molecule has 0 fully saturated rings. The van der Waals surface area contributed by atoms with Crippen molar-refractivity contribution in [2.75, 3.05) is 0 Å². The molecule has 3 aromatic carbocycles. The van der Waals surface area contributed by atoms with Crippen LogP contribution in [0, 0.1) is 0 Å². The van der Waals surface area contributed by atoms with Gasteiger partial charge in [-0.05, 0) is 54.4 Å². The Morgan fingerprint density at radius 3 is 2.24 bits per heavy atom. The molecule has 0 heterocycles. The quantitative estimate of drug-likeness (QED) is 0.353. The standard InChI is InChI=1S/C25H22BrClN2O5/c1-15(17-8-10-18(26)11-9-17)28-25(33)34-19-12-6-16(7-13-19)14-22(24(31)32)29-23(30)20-4-2-3-5-21(20)27/h2-13,15,22H,14H2,1H3,(H,28,33)(H,29,30)(H,31,32)/t15?,22-/m0/s1. The molecule has 0 bridgehead atoms. The van der Waals surface area contributed by atoms with Gasteiger partial charge in [-0.15, -0.1) is 0 Å². The lowest BCUT2D eigenvalue weighted by molar-refractivity contribution is -0.139. The van der Waals surface area contributed by atoms with E-state index < -0.39 is 24.0 Å². The Hall–Kier alpha value is -3.36. The van der Waals surface area contributed by atoms with Crippen LogP contribution in [-0.4, -0.2) is 29.1 Å². The number of aliphatic carboxylic acids is 1. The summed E-state index contributed by atoms with van der Waals surface area (Å²) in [6.07, 6.45) is -0.572. The number of hydrogen-bond donors (Lipinski definition) is 3. The molecule has 9 heteroatoms. The van der Waals surface area contributed by atoms with Crippen molar-refractivity contribution in [2.24, 2.45) is 0 Å². The number of rotatable bonds is 8. The van der Waals surface area contributed by atoms with E-state index in [9.17, 15) is 19.5 Å². The summed E-state index contributed by atoms with van der Waals surface area (Å²) >= 11 is 9.39. The third kappa shape index (κ3) is 7.07. The molecule has 176 valence electrons. The second kappa shape index (κ2) is 11.7. The lowest BCUT2D eigenvalue weighted by Crippen LogP contribution is -2.42. The maximum Gasteiger partial charge on any atom is 0.413 e. The fourth-order valence-corrected chi connectivity index (χ4v) is 3.64. The number of hydrogen-bond acceptors (Lipinski definition) is 4. The third-order valence-electron chi connectivity index (χ3n) is 5.00. The Labute approximate surface area is 210 Å². The molecule has 1 unspecified atom stereocenters. The molecular weight excluding hydrogens is 524 g/mol. The van der Waals surface area contributed by atoms with Gasteiger partial charge in [-0.1, -0.05) is 63.9 Å². The number of nitrogens with one attached hydrogen (secondary N) is 2. The first kappa shape index (κ1) is 25.3. The van der Waals surface area contributed by atoms with E-state index in [1.54, 1.807) is 42.5 Å². The number of halogens is 2. The van der Waals surface area contributed by atoms with E-state index in [-0.39, 0.29) is 23.0 Å². The molecule has 0 spiro atoms. The lowest BCUT2D eigenvalue weighted by Gasteiger charge is -2.16. The van der Waals surface area contributed by atoms with Crippen LogP contribution in [0.2, 0.25) is 5.02 Å². The van der Waals surface area contributed by atoms with Gasteiger partial charge in [0.05, 0.1) is 16.6 Å². The molecule has 3 rings (SSSR count). The fourth-order valence-electron chi connectivity index (χ4n) is 3.16. The summed E-state index contributed by atoms with van der Waals surface area (Å²) in [5.74, 6) is -1.45. The third-order valence-corrected chi connectivity index (χ3v) is 5.86. The molecule has 0 aliphatic rings. The van der Waals surface area contributed by atoms with Crippen molar-refractivity contribution in [3.05, 3.63) is 99.0 Å². The molecule has 3 aromatic rings. The minimum atomic E-state index is -1.18. The van der Waals surface area contributed by atoms with Crippen molar-refractivity contribution >= 4 is 45.5 Å². The molecular formula is C25H22BrClN2O5. The first-order chi connectivity index (χ1) is 16.2. The zero-order valence-corrected chi connectivity index (χ0v) is 20.5. The summed E-state index contributed by atoms with van der Waals surface area (Å²) < 4.78 is 6.26. The minimum Gasteiger partial charge on any atom is -0.480 e. The summed E-state index contributed by atoms with van der Waals surface area (Å²) in [5.41, 5.74) is 1.76. The highest BCUT2D eigenvalue weighted by Gasteiger charge is 2.22. The van der Waals surface area contributed by atoms with E-state index in [4.69, 9.17) is 16.3 Å². The maximum absolute atomic E-state index is 12.4. The van der Waals surface area contributed by atoms with Gasteiger partial charge in [0.2, 0.25) is 0 Å². The Morgan fingerprint density at radius 2 is 1.62 bits per heavy atom. The zero-order valence-electron chi connectivity index (χ0n) is 18.1. The van der Waals surface area contributed by atoms with Crippen molar-refractivity contribution in [1.29, 1.82) is 0 Å². The highest BCUT2D eigenvalue weighted by Crippen LogP contribution is 2.19. The van der Waals surface area contributed by atoms with Crippen LogP contribution in [0.25, 0.3) is 0 Å². The molecule has 34 heavy (non-hydrogen) atoms. The second-order valence-electron chi connectivity index (χ2n) is 7.50. The van der Waals surface area contributed by atoms with Gasteiger partial charge < -0.3 is 20.5 Å². The van der Waals surface area contributed by atoms with Gasteiger partial charge in [0.25, 0.3) is 5.91 Å². The number of carbonyl (C=O) groups excluding carboxylic acids is 2. The van der Waals surface area contributed by atoms with E-state index >= 15 is 0 Å². The van der Waals surface area contributed by atoms with Gasteiger partial charge >= 0.3 is 12.1 Å². The normalized spacial score (nSPS) is 12.3. The predicted octanol–water partition coefficient (Wildman–Crippen LogP) is 5.38. The van der Waals surface area contributed by atoms with Crippen molar-refractivity contribution in [3.63, 3.8) is 0 Å². The van der Waals surface area contributed by atoms with Gasteiger partial charge in [-0.3, -0.25) is 4.79 Å². The van der Waals surface area contributed by atoms with E-state index in [1.165, 1.54) is 6.07 Å². The van der Waals surface area contributed by atoms with Crippen molar-refractivity contribution in [2.45, 2.75) is 25.4 Å². The summed E-state index contributed by atoms with van der Waals surface area (Å²) in [5, 5.41) is 15.0. The van der Waals surface area contributed by atoms with Gasteiger partial charge in [-0.2, -0.15) is 0 Å². The maximum atomic E-state index is 12.4. The van der Waals surface area contributed by atoms with Crippen LogP contribution in [0.4, 0.5) is 4.79 Å². The zero-order chi connectivity index (χ0) is 24.7. The van der Waals surface area contributed by atoms with Crippen molar-refractivity contribution < 1.29 is 24.2 Å². The van der Waals surface area contributed by atoms with Crippen LogP contribution < -0.4 is 15.4 Å². The monoisotopic (exact) mass is 544 g/mol. The second-order valence-corrected chi connectivity index (χ2v) is 8.82. The highest BCUT2D eigenvalue weighted by atomic mass is 79.9. The molecule has 0 radical (unpaired) electrons. The Kier molecular flexibility index (Phi) is 8.67. The van der Waals surface area contributed by atoms with Crippen molar-refractivity contribution in [3.8, 4) is 5.75 Å². The Balaban J connectivity index is 1.57. The first-order valence-corrected chi connectivity index (χ1v) is 11.5. The molecule has 0 aliphatic carbocycles. The smallest absolute Gasteiger partial charge is 0.413 e. The summed E-state index contributed by atoms with van der Waals surface area (Å²) in [6, 6.07) is 19.0. The van der Waals surface area contributed by atoms with Gasteiger partial charge in [0.1, 0.15) is 11.8 Å².